The van der Waals surface area contributed by atoms with Gasteiger partial charge in [-0.15, -0.1) is 0 Å². The molecule has 1 aliphatic rings. The summed E-state index contributed by atoms with van der Waals surface area (Å²) in [6.45, 7) is 4.08. The van der Waals surface area contributed by atoms with Crippen molar-refractivity contribution in [3.63, 3.8) is 0 Å². The van der Waals surface area contributed by atoms with Gasteiger partial charge in [-0.2, -0.15) is 0 Å². The van der Waals surface area contributed by atoms with E-state index < -0.39 is 0 Å². The first-order valence-electron chi connectivity index (χ1n) is 4.07. The van der Waals surface area contributed by atoms with Gasteiger partial charge in [-0.1, -0.05) is 0 Å². The smallest absolute Gasteiger partial charge is 0.0587 e. The SMILES string of the molecule is COCCN[C@@H](C)C1CC1. The fourth-order valence-corrected chi connectivity index (χ4v) is 1.15. The van der Waals surface area contributed by atoms with E-state index in [0.717, 1.165) is 19.1 Å². The number of methoxy groups -OCH3 is 1. The van der Waals surface area contributed by atoms with E-state index in [9.17, 15) is 0 Å². The van der Waals surface area contributed by atoms with E-state index in [1.807, 2.05) is 0 Å². The van der Waals surface area contributed by atoms with E-state index >= 15 is 0 Å². The lowest BCUT2D eigenvalue weighted by Crippen LogP contribution is -2.30. The highest BCUT2D eigenvalue weighted by Crippen LogP contribution is 2.32. The fraction of sp³-hybridized carbons (Fsp3) is 1.00. The van der Waals surface area contributed by atoms with Crippen LogP contribution in [0.5, 0.6) is 0 Å². The summed E-state index contributed by atoms with van der Waals surface area (Å²) in [5, 5.41) is 3.42. The van der Waals surface area contributed by atoms with Crippen LogP contribution in [-0.2, 0) is 4.74 Å². The molecule has 2 heteroatoms. The summed E-state index contributed by atoms with van der Waals surface area (Å²) in [6.07, 6.45) is 2.84. The summed E-state index contributed by atoms with van der Waals surface area (Å²) < 4.78 is 4.93. The second kappa shape index (κ2) is 3.94. The molecule has 0 aromatic carbocycles. The molecule has 0 aromatic heterocycles. The molecular weight excluding hydrogens is 126 g/mol. The molecule has 0 heterocycles. The van der Waals surface area contributed by atoms with E-state index in [4.69, 9.17) is 4.74 Å². The number of hydrogen-bond donors (Lipinski definition) is 1. The van der Waals surface area contributed by atoms with Crippen LogP contribution in [0.15, 0.2) is 0 Å². The Morgan fingerprint density at radius 3 is 2.80 bits per heavy atom. The monoisotopic (exact) mass is 143 g/mol. The van der Waals surface area contributed by atoms with Gasteiger partial charge in [-0.3, -0.25) is 0 Å². The molecule has 1 saturated carbocycles. The van der Waals surface area contributed by atoms with Crippen molar-refractivity contribution in [1.82, 2.24) is 5.32 Å². The predicted molar refractivity (Wildman–Crippen MR) is 42.1 cm³/mol. The zero-order chi connectivity index (χ0) is 7.40. The molecule has 0 spiro atoms. The highest BCUT2D eigenvalue weighted by atomic mass is 16.5. The topological polar surface area (TPSA) is 21.3 Å². The molecule has 2 nitrogen and oxygen atoms in total. The first-order valence-corrected chi connectivity index (χ1v) is 4.07. The Labute approximate surface area is 63.0 Å². The molecular formula is C8H17NO. The zero-order valence-electron chi connectivity index (χ0n) is 6.89. The van der Waals surface area contributed by atoms with Crippen LogP contribution in [-0.4, -0.2) is 26.3 Å². The summed E-state index contributed by atoms with van der Waals surface area (Å²) in [4.78, 5) is 0. The van der Waals surface area contributed by atoms with E-state index in [2.05, 4.69) is 12.2 Å². The third-order valence-corrected chi connectivity index (χ3v) is 2.10. The standard InChI is InChI=1S/C8H17NO/c1-7(8-3-4-8)9-5-6-10-2/h7-9H,3-6H2,1-2H3/t7-/m0/s1. The zero-order valence-corrected chi connectivity index (χ0v) is 6.89. The normalized spacial score (nSPS) is 21.0. The van der Waals surface area contributed by atoms with Crippen molar-refractivity contribution >= 4 is 0 Å². The lowest BCUT2D eigenvalue weighted by atomic mass is 10.2. The second-order valence-corrected chi connectivity index (χ2v) is 3.07. The Morgan fingerprint density at radius 2 is 2.30 bits per heavy atom. The van der Waals surface area contributed by atoms with Crippen LogP contribution in [0.25, 0.3) is 0 Å². The first kappa shape index (κ1) is 8.02. The molecule has 1 N–H and O–H groups in total. The van der Waals surface area contributed by atoms with E-state index in [-0.39, 0.29) is 0 Å². The minimum Gasteiger partial charge on any atom is -0.383 e. The summed E-state index contributed by atoms with van der Waals surface area (Å²) in [5.41, 5.74) is 0. The quantitative estimate of drug-likeness (QED) is 0.580. The van der Waals surface area contributed by atoms with E-state index in [1.54, 1.807) is 7.11 Å². The van der Waals surface area contributed by atoms with Crippen LogP contribution in [0.1, 0.15) is 19.8 Å². The van der Waals surface area contributed by atoms with Crippen molar-refractivity contribution in [2.75, 3.05) is 20.3 Å². The first-order chi connectivity index (χ1) is 4.84. The van der Waals surface area contributed by atoms with Crippen LogP contribution in [0, 0.1) is 5.92 Å². The lowest BCUT2D eigenvalue weighted by Gasteiger charge is -2.11. The minimum atomic E-state index is 0.704. The molecule has 0 aromatic rings. The van der Waals surface area contributed by atoms with Crippen molar-refractivity contribution < 1.29 is 4.74 Å². The highest BCUT2D eigenvalue weighted by molar-refractivity contribution is 4.82. The maximum Gasteiger partial charge on any atom is 0.0587 e. The number of hydrogen-bond acceptors (Lipinski definition) is 2. The average Bonchev–Trinajstić information content (AvgIpc) is 2.69. The van der Waals surface area contributed by atoms with Gasteiger partial charge in [0.15, 0.2) is 0 Å². The molecule has 0 unspecified atom stereocenters. The maximum absolute atomic E-state index is 4.93. The Morgan fingerprint density at radius 1 is 1.60 bits per heavy atom. The van der Waals surface area contributed by atoms with Crippen LogP contribution in [0.2, 0.25) is 0 Å². The van der Waals surface area contributed by atoms with Crippen LogP contribution >= 0.6 is 0 Å². The second-order valence-electron chi connectivity index (χ2n) is 3.07. The fourth-order valence-electron chi connectivity index (χ4n) is 1.15. The molecule has 0 bridgehead atoms. The number of rotatable bonds is 5. The molecule has 0 radical (unpaired) electrons. The molecule has 1 atom stereocenters. The van der Waals surface area contributed by atoms with Gasteiger partial charge in [0.1, 0.15) is 0 Å². The van der Waals surface area contributed by atoms with E-state index in [0.29, 0.717) is 6.04 Å². The van der Waals surface area contributed by atoms with Crippen LogP contribution in [0.3, 0.4) is 0 Å². The molecule has 60 valence electrons. The van der Waals surface area contributed by atoms with Gasteiger partial charge in [-0.25, -0.2) is 0 Å². The summed E-state index contributed by atoms with van der Waals surface area (Å²) >= 11 is 0. The Balaban J connectivity index is 1.90. The largest absolute Gasteiger partial charge is 0.383 e. The Bertz CT molecular complexity index is 91.3. The molecule has 0 saturated heterocycles. The summed E-state index contributed by atoms with van der Waals surface area (Å²) in [6, 6.07) is 0.704. The van der Waals surface area contributed by atoms with Gasteiger partial charge in [0.2, 0.25) is 0 Å². The van der Waals surface area contributed by atoms with Crippen LogP contribution < -0.4 is 5.32 Å². The van der Waals surface area contributed by atoms with Gasteiger partial charge >= 0.3 is 0 Å². The van der Waals surface area contributed by atoms with Crippen molar-refractivity contribution in [1.29, 1.82) is 0 Å². The molecule has 0 amide bonds. The van der Waals surface area contributed by atoms with E-state index in [1.165, 1.54) is 12.8 Å². The van der Waals surface area contributed by atoms with Crippen molar-refractivity contribution in [3.05, 3.63) is 0 Å². The minimum absolute atomic E-state index is 0.704. The molecule has 10 heavy (non-hydrogen) atoms. The summed E-state index contributed by atoms with van der Waals surface area (Å²) in [5.74, 6) is 0.955. The van der Waals surface area contributed by atoms with Crippen molar-refractivity contribution in [3.8, 4) is 0 Å². The molecule has 1 rings (SSSR count). The van der Waals surface area contributed by atoms with Gasteiger partial charge in [0, 0.05) is 19.7 Å². The Kier molecular flexibility index (Phi) is 3.16. The van der Waals surface area contributed by atoms with Gasteiger partial charge < -0.3 is 10.1 Å². The molecule has 1 aliphatic carbocycles. The van der Waals surface area contributed by atoms with Crippen molar-refractivity contribution in [2.24, 2.45) is 5.92 Å². The van der Waals surface area contributed by atoms with Gasteiger partial charge in [0.05, 0.1) is 6.61 Å². The van der Waals surface area contributed by atoms with Gasteiger partial charge in [-0.05, 0) is 25.7 Å². The predicted octanol–water partition coefficient (Wildman–Crippen LogP) is 1.02. The maximum atomic E-state index is 4.93. The summed E-state index contributed by atoms with van der Waals surface area (Å²) in [7, 11) is 1.74. The van der Waals surface area contributed by atoms with Crippen LogP contribution in [0.4, 0.5) is 0 Å². The molecule has 1 fully saturated rings. The highest BCUT2D eigenvalue weighted by Gasteiger charge is 2.26. The number of nitrogens with one attached hydrogen (secondary N) is 1. The lowest BCUT2D eigenvalue weighted by molar-refractivity contribution is 0.195. The Hall–Kier alpha value is -0.0800. The molecule has 0 aliphatic heterocycles. The third kappa shape index (κ3) is 2.67. The van der Waals surface area contributed by atoms with Gasteiger partial charge in [0.25, 0.3) is 0 Å². The average molecular weight is 143 g/mol. The van der Waals surface area contributed by atoms with Crippen molar-refractivity contribution in [2.45, 2.75) is 25.8 Å². The third-order valence-electron chi connectivity index (χ3n) is 2.10. The number of ether oxygens (including phenoxy) is 1.